The third-order valence-corrected chi connectivity index (χ3v) is 2.73. The lowest BCUT2D eigenvalue weighted by molar-refractivity contribution is 0.0686. The molecule has 7 heteroatoms. The van der Waals surface area contributed by atoms with Gasteiger partial charge in [0.25, 0.3) is 0 Å². The van der Waals surface area contributed by atoms with Gasteiger partial charge in [0.2, 0.25) is 0 Å². The Hall–Kier alpha value is -3.09. The van der Waals surface area contributed by atoms with Crippen LogP contribution in [-0.2, 0) is 0 Å². The van der Waals surface area contributed by atoms with E-state index in [1.54, 1.807) is 12.1 Å². The molecule has 0 fully saturated rings. The van der Waals surface area contributed by atoms with Crippen LogP contribution >= 0.6 is 0 Å². The van der Waals surface area contributed by atoms with Crippen molar-refractivity contribution in [2.45, 2.75) is 0 Å². The van der Waals surface area contributed by atoms with Crippen LogP contribution in [0.2, 0.25) is 0 Å². The van der Waals surface area contributed by atoms with Crippen LogP contribution in [0.1, 0.15) is 20.7 Å². The highest BCUT2D eigenvalue weighted by atomic mass is 16.5. The molecule has 21 heavy (non-hydrogen) atoms. The van der Waals surface area contributed by atoms with Crippen LogP contribution in [0.4, 0.5) is 11.5 Å². The fourth-order valence-corrected chi connectivity index (χ4v) is 1.67. The highest BCUT2D eigenvalue weighted by Crippen LogP contribution is 2.24. The van der Waals surface area contributed by atoms with Crippen molar-refractivity contribution in [1.29, 1.82) is 0 Å². The van der Waals surface area contributed by atoms with Crippen molar-refractivity contribution in [2.24, 2.45) is 0 Å². The average molecular weight is 288 g/mol. The third-order valence-electron chi connectivity index (χ3n) is 2.73. The first-order chi connectivity index (χ1) is 10.0. The summed E-state index contributed by atoms with van der Waals surface area (Å²) in [6.07, 6.45) is 1.19. The number of aromatic carboxylic acids is 2. The number of nitrogens with one attached hydrogen (secondary N) is 1. The molecule has 0 atom stereocenters. The Balaban J connectivity index is 2.30. The first-order valence-electron chi connectivity index (χ1n) is 5.89. The number of nitrogens with zero attached hydrogens (tertiary/aromatic N) is 1. The van der Waals surface area contributed by atoms with Gasteiger partial charge in [-0.05, 0) is 30.3 Å². The predicted octanol–water partition coefficient (Wildman–Crippen LogP) is 2.23. The number of ether oxygens (including phenoxy) is 1. The topological polar surface area (TPSA) is 109 Å². The van der Waals surface area contributed by atoms with Gasteiger partial charge in [-0.3, -0.25) is 0 Å². The predicted molar refractivity (Wildman–Crippen MR) is 74.4 cm³/mol. The molecular weight excluding hydrogens is 276 g/mol. The highest BCUT2D eigenvalue weighted by Gasteiger charge is 2.12. The van der Waals surface area contributed by atoms with Crippen LogP contribution in [0.15, 0.2) is 36.5 Å². The lowest BCUT2D eigenvalue weighted by Crippen LogP contribution is -2.05. The zero-order valence-corrected chi connectivity index (χ0v) is 11.0. The minimum Gasteiger partial charge on any atom is -0.497 e. The number of pyridine rings is 1. The van der Waals surface area contributed by atoms with Gasteiger partial charge in [-0.2, -0.15) is 0 Å². The van der Waals surface area contributed by atoms with Crippen LogP contribution < -0.4 is 10.1 Å². The van der Waals surface area contributed by atoms with Gasteiger partial charge in [-0.1, -0.05) is 0 Å². The van der Waals surface area contributed by atoms with Crippen LogP contribution in [0.5, 0.6) is 5.75 Å². The van der Waals surface area contributed by atoms with Gasteiger partial charge in [0.05, 0.1) is 23.9 Å². The van der Waals surface area contributed by atoms with Gasteiger partial charge in [0.1, 0.15) is 11.6 Å². The summed E-state index contributed by atoms with van der Waals surface area (Å²) in [6, 6.07) is 7.38. The molecule has 0 spiro atoms. The van der Waals surface area contributed by atoms with E-state index in [0.29, 0.717) is 17.3 Å². The lowest BCUT2D eigenvalue weighted by atomic mass is 10.1. The number of hydrogen-bond acceptors (Lipinski definition) is 5. The Labute approximate surface area is 119 Å². The van der Waals surface area contributed by atoms with Gasteiger partial charge in [-0.15, -0.1) is 0 Å². The molecule has 0 aliphatic carbocycles. The van der Waals surface area contributed by atoms with Crippen molar-refractivity contribution in [3.63, 3.8) is 0 Å². The first kappa shape index (κ1) is 14.3. The minimum atomic E-state index is -1.11. The summed E-state index contributed by atoms with van der Waals surface area (Å²) in [4.78, 5) is 25.9. The maximum Gasteiger partial charge on any atom is 0.337 e. The van der Waals surface area contributed by atoms with E-state index in [1.165, 1.54) is 31.5 Å². The summed E-state index contributed by atoms with van der Waals surface area (Å²) in [5, 5.41) is 20.8. The molecular formula is C14H12N2O5. The zero-order chi connectivity index (χ0) is 15.4. The van der Waals surface area contributed by atoms with Gasteiger partial charge in [-0.25, -0.2) is 14.6 Å². The second-order valence-corrected chi connectivity index (χ2v) is 4.08. The van der Waals surface area contributed by atoms with E-state index < -0.39 is 11.9 Å². The SMILES string of the molecule is COc1ccc(Nc2ccc(C(=O)O)cn2)c(C(=O)O)c1. The summed E-state index contributed by atoms with van der Waals surface area (Å²) < 4.78 is 4.98. The molecule has 1 heterocycles. The van der Waals surface area contributed by atoms with Crippen LogP contribution in [-0.4, -0.2) is 34.2 Å². The second kappa shape index (κ2) is 5.91. The second-order valence-electron chi connectivity index (χ2n) is 4.08. The molecule has 2 rings (SSSR count). The molecule has 0 saturated heterocycles. The number of carboxylic acid groups (broad SMARTS) is 2. The molecule has 0 radical (unpaired) electrons. The van der Waals surface area contributed by atoms with E-state index in [9.17, 15) is 14.7 Å². The van der Waals surface area contributed by atoms with Gasteiger partial charge in [0.15, 0.2) is 0 Å². The Morgan fingerprint density at radius 3 is 2.43 bits per heavy atom. The number of carbonyl (C=O) groups is 2. The molecule has 0 saturated carbocycles. The number of anilines is 2. The molecule has 0 unspecified atom stereocenters. The first-order valence-corrected chi connectivity index (χ1v) is 5.89. The molecule has 0 bridgehead atoms. The van der Waals surface area contributed by atoms with E-state index in [0.717, 1.165) is 0 Å². The number of methoxy groups -OCH3 is 1. The van der Waals surface area contributed by atoms with Crippen LogP contribution in [0, 0.1) is 0 Å². The largest absolute Gasteiger partial charge is 0.497 e. The number of hydrogen-bond donors (Lipinski definition) is 3. The summed E-state index contributed by atoms with van der Waals surface area (Å²) in [5.41, 5.74) is 0.408. The molecule has 1 aromatic heterocycles. The summed E-state index contributed by atoms with van der Waals surface area (Å²) in [6.45, 7) is 0. The Bertz CT molecular complexity index is 682. The van der Waals surface area contributed by atoms with Crippen molar-refractivity contribution in [1.82, 2.24) is 4.98 Å². The molecule has 0 amide bonds. The number of aromatic nitrogens is 1. The van der Waals surface area contributed by atoms with Crippen molar-refractivity contribution in [2.75, 3.05) is 12.4 Å². The molecule has 0 aliphatic heterocycles. The standard InChI is InChI=1S/C14H12N2O5/c1-21-9-3-4-11(10(6-9)14(19)20)16-12-5-2-8(7-15-12)13(17)18/h2-7H,1H3,(H,15,16)(H,17,18)(H,19,20). The van der Waals surface area contributed by atoms with Gasteiger partial charge >= 0.3 is 11.9 Å². The van der Waals surface area contributed by atoms with Crippen LogP contribution in [0.25, 0.3) is 0 Å². The summed E-state index contributed by atoms with van der Waals surface area (Å²) >= 11 is 0. The number of benzene rings is 1. The summed E-state index contributed by atoms with van der Waals surface area (Å²) in [7, 11) is 1.44. The van der Waals surface area contributed by atoms with E-state index in [4.69, 9.17) is 9.84 Å². The van der Waals surface area contributed by atoms with Crippen LogP contribution in [0.3, 0.4) is 0 Å². The number of carboxylic acids is 2. The van der Waals surface area contributed by atoms with Crippen molar-refractivity contribution >= 4 is 23.4 Å². The maximum atomic E-state index is 11.2. The third kappa shape index (κ3) is 3.27. The quantitative estimate of drug-likeness (QED) is 0.774. The van der Waals surface area contributed by atoms with Gasteiger partial charge in [0, 0.05) is 6.20 Å². The Morgan fingerprint density at radius 1 is 1.14 bits per heavy atom. The monoisotopic (exact) mass is 288 g/mol. The molecule has 3 N–H and O–H groups in total. The molecule has 0 aliphatic rings. The molecule has 1 aromatic carbocycles. The minimum absolute atomic E-state index is 0.0264. The summed E-state index contributed by atoms with van der Waals surface area (Å²) in [5.74, 6) is -1.43. The van der Waals surface area contributed by atoms with E-state index in [-0.39, 0.29) is 11.1 Å². The van der Waals surface area contributed by atoms with E-state index >= 15 is 0 Å². The van der Waals surface area contributed by atoms with Gasteiger partial charge < -0.3 is 20.3 Å². The zero-order valence-electron chi connectivity index (χ0n) is 11.0. The molecule has 108 valence electrons. The Morgan fingerprint density at radius 2 is 1.90 bits per heavy atom. The lowest BCUT2D eigenvalue weighted by Gasteiger charge is -2.10. The van der Waals surface area contributed by atoms with E-state index in [1.807, 2.05) is 0 Å². The van der Waals surface area contributed by atoms with Crippen molar-refractivity contribution < 1.29 is 24.5 Å². The van der Waals surface area contributed by atoms with Crippen molar-refractivity contribution in [3.05, 3.63) is 47.7 Å². The fraction of sp³-hybridized carbons (Fsp3) is 0.0714. The highest BCUT2D eigenvalue weighted by molar-refractivity contribution is 5.95. The fourth-order valence-electron chi connectivity index (χ4n) is 1.67. The Kier molecular flexibility index (Phi) is 4.03. The maximum absolute atomic E-state index is 11.2. The molecule has 7 nitrogen and oxygen atoms in total. The smallest absolute Gasteiger partial charge is 0.337 e. The van der Waals surface area contributed by atoms with E-state index in [2.05, 4.69) is 10.3 Å². The number of rotatable bonds is 5. The normalized spacial score (nSPS) is 9.95. The molecule has 2 aromatic rings. The van der Waals surface area contributed by atoms with Crippen molar-refractivity contribution in [3.8, 4) is 5.75 Å². The average Bonchev–Trinajstić information content (AvgIpc) is 2.48.